The van der Waals surface area contributed by atoms with Crippen LogP contribution in [-0.4, -0.2) is 40.0 Å². The third kappa shape index (κ3) is 3.23. The van der Waals surface area contributed by atoms with Gasteiger partial charge in [-0.2, -0.15) is 0 Å². The summed E-state index contributed by atoms with van der Waals surface area (Å²) in [7, 11) is 0. The van der Waals surface area contributed by atoms with Gasteiger partial charge in [0.1, 0.15) is 16.8 Å². The molecule has 0 aromatic heterocycles. The number of rotatable bonds is 5. The normalized spacial score (nSPS) is 31.3. The fourth-order valence-electron chi connectivity index (χ4n) is 4.09. The van der Waals surface area contributed by atoms with Crippen molar-refractivity contribution in [3.8, 4) is 0 Å². The molecule has 1 N–H and O–H groups in total. The highest BCUT2D eigenvalue weighted by atomic mass is 16.6. The first-order valence-corrected chi connectivity index (χ1v) is 8.68. The van der Waals surface area contributed by atoms with Crippen LogP contribution in [0.5, 0.6) is 0 Å². The van der Waals surface area contributed by atoms with Crippen LogP contribution in [0.25, 0.3) is 0 Å². The summed E-state index contributed by atoms with van der Waals surface area (Å²) in [5.41, 5.74) is -2.02. The maximum Gasteiger partial charge on any atom is 0.320 e. The number of Topliss-reactive ketones (excluding diaryl/α,β-unsaturated/α-hetero) is 1. The van der Waals surface area contributed by atoms with Crippen molar-refractivity contribution in [1.29, 1.82) is 0 Å². The fourth-order valence-corrected chi connectivity index (χ4v) is 4.09. The predicted molar refractivity (Wildman–Crippen MR) is 94.3 cm³/mol. The number of ether oxygens (including phenoxy) is 1. The van der Waals surface area contributed by atoms with Crippen molar-refractivity contribution < 1.29 is 24.4 Å². The minimum atomic E-state index is -1.69. The first kappa shape index (κ1) is 20.0. The summed E-state index contributed by atoms with van der Waals surface area (Å²) in [5, 5.41) is 22.6. The van der Waals surface area contributed by atoms with Gasteiger partial charge in [-0.25, -0.2) is 0 Å². The Hall–Kier alpha value is -2.28. The molecule has 0 bridgehead atoms. The van der Waals surface area contributed by atoms with E-state index in [-0.39, 0.29) is 19.4 Å². The smallest absolute Gasteiger partial charge is 0.320 e. The van der Waals surface area contributed by atoms with Crippen LogP contribution >= 0.6 is 0 Å². The quantitative estimate of drug-likeness (QED) is 0.373. The fraction of sp³-hybridized carbons (Fsp3) is 0.579. The molecule has 1 aliphatic rings. The summed E-state index contributed by atoms with van der Waals surface area (Å²) in [6.07, 6.45) is -0.0452. The number of benzene rings is 1. The van der Waals surface area contributed by atoms with E-state index in [1.807, 2.05) is 13.0 Å². The lowest BCUT2D eigenvalue weighted by atomic mass is 9.56. The number of esters is 1. The van der Waals surface area contributed by atoms with Gasteiger partial charge in [0.05, 0.1) is 12.5 Å². The van der Waals surface area contributed by atoms with Gasteiger partial charge in [0, 0.05) is 4.92 Å². The van der Waals surface area contributed by atoms with Crippen molar-refractivity contribution in [3.05, 3.63) is 45.5 Å². The Morgan fingerprint density at radius 3 is 2.54 bits per heavy atom. The summed E-state index contributed by atoms with van der Waals surface area (Å²) in [6.45, 7) is 6.16. The summed E-state index contributed by atoms with van der Waals surface area (Å²) < 4.78 is 5.16. The molecule has 0 radical (unpaired) electrons. The molecular formula is C19H25NO6. The highest BCUT2D eigenvalue weighted by Gasteiger charge is 2.66. The van der Waals surface area contributed by atoms with Crippen LogP contribution in [0.15, 0.2) is 24.3 Å². The molecule has 1 aromatic carbocycles. The molecule has 1 aliphatic carbocycles. The average molecular weight is 363 g/mol. The number of carbonyl (C=O) groups is 2. The SMILES string of the molecule is CCOC(=O)[C@]1(C(C)=O)CC[C@@](C)(O)[C@@H]([N+](=O)[O-])C1c1cccc(C)c1. The van der Waals surface area contributed by atoms with Crippen LogP contribution in [0.3, 0.4) is 0 Å². The van der Waals surface area contributed by atoms with Crippen LogP contribution in [0.4, 0.5) is 0 Å². The molecule has 4 atom stereocenters. The van der Waals surface area contributed by atoms with Crippen molar-refractivity contribution >= 4 is 11.8 Å². The molecule has 1 saturated carbocycles. The van der Waals surface area contributed by atoms with Crippen molar-refractivity contribution in [3.63, 3.8) is 0 Å². The first-order chi connectivity index (χ1) is 12.1. The second-order valence-electron chi connectivity index (χ2n) is 7.23. The van der Waals surface area contributed by atoms with Gasteiger partial charge >= 0.3 is 5.97 Å². The van der Waals surface area contributed by atoms with Gasteiger partial charge in [-0.3, -0.25) is 19.7 Å². The van der Waals surface area contributed by atoms with E-state index < -0.39 is 39.7 Å². The summed E-state index contributed by atoms with van der Waals surface area (Å²) >= 11 is 0. The molecule has 7 heteroatoms. The number of nitrogens with zero attached hydrogens (tertiary/aromatic N) is 1. The molecule has 0 amide bonds. The summed E-state index contributed by atoms with van der Waals surface area (Å²) in [4.78, 5) is 36.9. The molecule has 2 rings (SSSR count). The zero-order chi connectivity index (χ0) is 19.7. The van der Waals surface area contributed by atoms with Gasteiger partial charge in [-0.05, 0) is 46.1 Å². The van der Waals surface area contributed by atoms with E-state index in [0.717, 1.165) is 5.56 Å². The molecule has 26 heavy (non-hydrogen) atoms. The summed E-state index contributed by atoms with van der Waals surface area (Å²) in [5.74, 6) is -2.36. The van der Waals surface area contributed by atoms with E-state index >= 15 is 0 Å². The topological polar surface area (TPSA) is 107 Å². The van der Waals surface area contributed by atoms with Crippen molar-refractivity contribution in [2.45, 2.75) is 58.1 Å². The molecule has 0 heterocycles. The summed E-state index contributed by atoms with van der Waals surface area (Å²) in [6, 6.07) is 5.42. The molecule has 1 aromatic rings. The van der Waals surface area contributed by atoms with Gasteiger partial charge in [0.2, 0.25) is 6.04 Å². The number of hydrogen-bond acceptors (Lipinski definition) is 6. The monoisotopic (exact) mass is 363 g/mol. The van der Waals surface area contributed by atoms with Crippen LogP contribution in [0.1, 0.15) is 50.7 Å². The minimum absolute atomic E-state index is 0.00286. The number of aliphatic hydroxyl groups is 1. The van der Waals surface area contributed by atoms with Gasteiger partial charge in [-0.15, -0.1) is 0 Å². The highest BCUT2D eigenvalue weighted by molar-refractivity contribution is 6.04. The predicted octanol–water partition coefficient (Wildman–Crippen LogP) is 2.41. The zero-order valence-corrected chi connectivity index (χ0v) is 15.5. The Labute approximate surface area is 152 Å². The number of ketones is 1. The lowest BCUT2D eigenvalue weighted by molar-refractivity contribution is -0.555. The highest BCUT2D eigenvalue weighted by Crippen LogP contribution is 2.53. The number of carbonyl (C=O) groups excluding carboxylic acids is 2. The lowest BCUT2D eigenvalue weighted by Gasteiger charge is -2.46. The molecule has 0 aliphatic heterocycles. The van der Waals surface area contributed by atoms with Gasteiger partial charge in [0.15, 0.2) is 0 Å². The standard InChI is InChI=1S/C19H25NO6/c1-5-26-17(22)19(13(3)21)10-9-18(4,23)16(20(24)25)15(19)14-8-6-7-12(2)11-14/h6-8,11,15-16,23H,5,9-10H2,1-4H3/t15?,16-,18+,19-/m0/s1. The molecule has 0 spiro atoms. The van der Waals surface area contributed by atoms with Crippen molar-refractivity contribution in [2.75, 3.05) is 6.61 Å². The zero-order valence-electron chi connectivity index (χ0n) is 15.5. The van der Waals surface area contributed by atoms with E-state index in [1.54, 1.807) is 25.1 Å². The number of hydrogen-bond donors (Lipinski definition) is 1. The van der Waals surface area contributed by atoms with Crippen LogP contribution in [-0.2, 0) is 14.3 Å². The van der Waals surface area contributed by atoms with E-state index in [1.165, 1.54) is 13.8 Å². The number of nitro groups is 1. The first-order valence-electron chi connectivity index (χ1n) is 8.68. The average Bonchev–Trinajstić information content (AvgIpc) is 2.53. The van der Waals surface area contributed by atoms with Crippen molar-refractivity contribution in [2.24, 2.45) is 5.41 Å². The van der Waals surface area contributed by atoms with E-state index in [2.05, 4.69) is 0 Å². The third-order valence-corrected chi connectivity index (χ3v) is 5.41. The molecule has 1 fully saturated rings. The van der Waals surface area contributed by atoms with Gasteiger partial charge in [0.25, 0.3) is 0 Å². The second kappa shape index (κ2) is 7.15. The minimum Gasteiger partial charge on any atom is -0.465 e. The number of aryl methyl sites for hydroxylation is 1. The maximum absolute atomic E-state index is 12.9. The van der Waals surface area contributed by atoms with Gasteiger partial charge < -0.3 is 9.84 Å². The Balaban J connectivity index is 2.78. The Morgan fingerprint density at radius 2 is 2.04 bits per heavy atom. The second-order valence-corrected chi connectivity index (χ2v) is 7.23. The Bertz CT molecular complexity index is 728. The Kier molecular flexibility index (Phi) is 5.51. The Morgan fingerprint density at radius 1 is 1.38 bits per heavy atom. The van der Waals surface area contributed by atoms with Crippen molar-refractivity contribution in [1.82, 2.24) is 0 Å². The van der Waals surface area contributed by atoms with Crippen LogP contribution in [0, 0.1) is 22.5 Å². The largest absolute Gasteiger partial charge is 0.465 e. The van der Waals surface area contributed by atoms with E-state index in [4.69, 9.17) is 4.74 Å². The van der Waals surface area contributed by atoms with Crippen LogP contribution < -0.4 is 0 Å². The molecule has 1 unspecified atom stereocenters. The van der Waals surface area contributed by atoms with Crippen LogP contribution in [0.2, 0.25) is 0 Å². The molecular weight excluding hydrogens is 338 g/mol. The maximum atomic E-state index is 12.9. The van der Waals surface area contributed by atoms with Gasteiger partial charge in [-0.1, -0.05) is 29.8 Å². The molecule has 0 saturated heterocycles. The molecule has 7 nitrogen and oxygen atoms in total. The lowest BCUT2D eigenvalue weighted by Crippen LogP contribution is -2.61. The van der Waals surface area contributed by atoms with E-state index in [0.29, 0.717) is 5.56 Å². The molecule has 142 valence electrons. The van der Waals surface area contributed by atoms with E-state index in [9.17, 15) is 24.8 Å². The third-order valence-electron chi connectivity index (χ3n) is 5.41.